The summed E-state index contributed by atoms with van der Waals surface area (Å²) in [6, 6.07) is 12.1. The first kappa shape index (κ1) is 19.3. The van der Waals surface area contributed by atoms with Crippen molar-refractivity contribution >= 4 is 11.8 Å². The number of fused-ring (bicyclic) bond motifs is 2. The molecule has 1 N–H and O–H groups in total. The number of ketones is 1. The van der Waals surface area contributed by atoms with Crippen molar-refractivity contribution < 1.29 is 24.5 Å². The highest BCUT2D eigenvalue weighted by atomic mass is 17.1. The molecule has 0 aliphatic heterocycles. The van der Waals surface area contributed by atoms with Gasteiger partial charge in [0.15, 0.2) is 5.78 Å². The van der Waals surface area contributed by atoms with Crippen molar-refractivity contribution in [3.63, 3.8) is 0 Å². The minimum absolute atomic E-state index is 0.117. The predicted molar refractivity (Wildman–Crippen MR) is 100 cm³/mol. The van der Waals surface area contributed by atoms with E-state index in [0.29, 0.717) is 22.3 Å². The van der Waals surface area contributed by atoms with E-state index < -0.39 is 11.8 Å². The van der Waals surface area contributed by atoms with Crippen LogP contribution in [0.5, 0.6) is 0 Å². The largest absolute Gasteiger partial charge is 0.421 e. The number of carbonyl (C=O) groups excluding carboxylic acids is 2. The lowest BCUT2D eigenvalue weighted by molar-refractivity contribution is -0.384. The number of carbonyl (C=O) groups is 2. The molecule has 2 aromatic carbocycles. The van der Waals surface area contributed by atoms with Crippen molar-refractivity contribution in [3.8, 4) is 0 Å². The van der Waals surface area contributed by atoms with Gasteiger partial charge in [-0.3, -0.25) is 9.59 Å². The average Bonchev–Trinajstić information content (AvgIpc) is 2.71. The third kappa shape index (κ3) is 3.40. The van der Waals surface area contributed by atoms with Crippen LogP contribution in [0.15, 0.2) is 42.5 Å². The molecule has 1 atom stereocenters. The van der Waals surface area contributed by atoms with Gasteiger partial charge in [0.05, 0.1) is 0 Å². The van der Waals surface area contributed by atoms with Crippen molar-refractivity contribution in [1.29, 1.82) is 0 Å². The molecule has 0 saturated heterocycles. The molecule has 27 heavy (non-hydrogen) atoms. The highest BCUT2D eigenvalue weighted by molar-refractivity contribution is 6.13. The number of unbranched alkanes of at least 4 members (excludes halogenated alkanes) is 2. The monoisotopic (exact) mass is 368 g/mol. The van der Waals surface area contributed by atoms with Crippen LogP contribution >= 0.6 is 0 Å². The van der Waals surface area contributed by atoms with Gasteiger partial charge in [0.2, 0.25) is 0 Å². The molecule has 0 amide bonds. The maximum atomic E-state index is 13.1. The molecule has 0 bridgehead atoms. The van der Waals surface area contributed by atoms with E-state index >= 15 is 0 Å². The van der Waals surface area contributed by atoms with Gasteiger partial charge < -0.3 is 4.74 Å². The molecule has 1 unspecified atom stereocenters. The molecule has 1 aliphatic rings. The molecule has 5 heteroatoms. The van der Waals surface area contributed by atoms with Gasteiger partial charge in [0.1, 0.15) is 0 Å². The number of ether oxygens (including phenoxy) is 1. The number of rotatable bonds is 7. The van der Waals surface area contributed by atoms with E-state index in [-0.39, 0.29) is 12.2 Å². The molecular formula is C22H24O5. The Morgan fingerprint density at radius 1 is 1.04 bits per heavy atom. The normalized spacial score (nSPS) is 18.0. The Hall–Kier alpha value is -2.50. The third-order valence-corrected chi connectivity index (χ3v) is 4.95. The number of benzene rings is 2. The van der Waals surface area contributed by atoms with Crippen LogP contribution in [-0.4, -0.2) is 17.0 Å². The quantitative estimate of drug-likeness (QED) is 0.254. The second-order valence-electron chi connectivity index (χ2n) is 6.75. The van der Waals surface area contributed by atoms with Crippen LogP contribution in [0.2, 0.25) is 0 Å². The Balaban J connectivity index is 2.14. The first-order chi connectivity index (χ1) is 13.1. The van der Waals surface area contributed by atoms with Crippen molar-refractivity contribution in [2.24, 2.45) is 0 Å². The summed E-state index contributed by atoms with van der Waals surface area (Å²) in [6.45, 7) is 3.80. The summed E-state index contributed by atoms with van der Waals surface area (Å²) in [7, 11) is 0. The average molecular weight is 368 g/mol. The second-order valence-corrected chi connectivity index (χ2v) is 6.75. The number of hydrogen-bond donors (Lipinski definition) is 1. The lowest BCUT2D eigenvalue weighted by Gasteiger charge is -2.36. The van der Waals surface area contributed by atoms with E-state index in [0.717, 1.165) is 31.2 Å². The number of esters is 1. The van der Waals surface area contributed by atoms with E-state index in [1.54, 1.807) is 37.3 Å². The molecule has 3 rings (SSSR count). The molecule has 0 radical (unpaired) electrons. The summed E-state index contributed by atoms with van der Waals surface area (Å²) < 4.78 is 5.55. The lowest BCUT2D eigenvalue weighted by atomic mass is 9.79. The standard InChI is InChI=1S/C22H24O5/c1-3-5-6-9-15-12-13-19-17(14-15)21(24)16-10-7-8-11-18(16)22(19,27-25)26-20(23)4-2/h7-8,10-14,25H,3-6,9H2,1-2H3. The van der Waals surface area contributed by atoms with E-state index in [2.05, 4.69) is 6.92 Å². The summed E-state index contributed by atoms with van der Waals surface area (Å²) in [5, 5.41) is 9.82. The fraction of sp³-hybridized carbons (Fsp3) is 0.364. The topological polar surface area (TPSA) is 72.8 Å². The van der Waals surface area contributed by atoms with Gasteiger partial charge in [-0.2, -0.15) is 4.89 Å². The smallest absolute Gasteiger partial charge is 0.308 e. The van der Waals surface area contributed by atoms with Crippen LogP contribution in [0.25, 0.3) is 0 Å². The van der Waals surface area contributed by atoms with Gasteiger partial charge in [0, 0.05) is 28.7 Å². The molecule has 1 aliphatic carbocycles. The number of aryl methyl sites for hydroxylation is 1. The van der Waals surface area contributed by atoms with Crippen molar-refractivity contribution in [1.82, 2.24) is 0 Å². The number of hydrogen-bond acceptors (Lipinski definition) is 5. The maximum absolute atomic E-state index is 13.1. The lowest BCUT2D eigenvalue weighted by Crippen LogP contribution is -2.41. The molecule has 142 valence electrons. The minimum Gasteiger partial charge on any atom is -0.421 e. The van der Waals surface area contributed by atoms with Gasteiger partial charge in [-0.15, -0.1) is 0 Å². The van der Waals surface area contributed by atoms with E-state index in [1.807, 2.05) is 12.1 Å². The fourth-order valence-electron chi connectivity index (χ4n) is 3.52. The Kier molecular flexibility index (Phi) is 5.73. The van der Waals surface area contributed by atoms with Crippen LogP contribution in [0.1, 0.15) is 72.1 Å². The van der Waals surface area contributed by atoms with Gasteiger partial charge in [-0.25, -0.2) is 5.26 Å². The molecule has 0 spiro atoms. The van der Waals surface area contributed by atoms with Crippen molar-refractivity contribution in [2.75, 3.05) is 0 Å². The van der Waals surface area contributed by atoms with E-state index in [4.69, 9.17) is 9.62 Å². The molecule has 0 aromatic heterocycles. The zero-order chi connectivity index (χ0) is 19.4. The van der Waals surface area contributed by atoms with Crippen LogP contribution < -0.4 is 0 Å². The first-order valence-electron chi connectivity index (χ1n) is 9.39. The van der Waals surface area contributed by atoms with E-state index in [1.165, 1.54) is 0 Å². The summed E-state index contributed by atoms with van der Waals surface area (Å²) in [5.74, 6) is -2.54. The highest BCUT2D eigenvalue weighted by Gasteiger charge is 2.49. The SMILES string of the molecule is CCCCCc1ccc2c(c1)C(=O)c1ccccc1C2(OO)OC(=O)CC. The van der Waals surface area contributed by atoms with Gasteiger partial charge in [0.25, 0.3) is 5.79 Å². The van der Waals surface area contributed by atoms with Gasteiger partial charge >= 0.3 is 5.97 Å². The summed E-state index contributed by atoms with van der Waals surface area (Å²) in [5.41, 5.74) is 2.44. The summed E-state index contributed by atoms with van der Waals surface area (Å²) in [4.78, 5) is 30.0. The zero-order valence-electron chi connectivity index (χ0n) is 15.7. The maximum Gasteiger partial charge on any atom is 0.308 e. The van der Waals surface area contributed by atoms with Gasteiger partial charge in [-0.1, -0.05) is 63.1 Å². The third-order valence-electron chi connectivity index (χ3n) is 4.95. The first-order valence-corrected chi connectivity index (χ1v) is 9.39. The van der Waals surface area contributed by atoms with Crippen LogP contribution in [-0.2, 0) is 26.6 Å². The highest BCUT2D eigenvalue weighted by Crippen LogP contribution is 2.43. The molecule has 0 saturated carbocycles. The predicted octanol–water partition coefficient (Wildman–Crippen LogP) is 4.61. The second kappa shape index (κ2) is 8.03. The van der Waals surface area contributed by atoms with Gasteiger partial charge in [-0.05, 0) is 24.5 Å². The molecular weight excluding hydrogens is 344 g/mol. The molecule has 2 aromatic rings. The Bertz CT molecular complexity index is 858. The summed E-state index contributed by atoms with van der Waals surface area (Å²) >= 11 is 0. The molecule has 0 fully saturated rings. The van der Waals surface area contributed by atoms with Crippen LogP contribution in [0.4, 0.5) is 0 Å². The van der Waals surface area contributed by atoms with Crippen molar-refractivity contribution in [3.05, 3.63) is 70.3 Å². The fourth-order valence-corrected chi connectivity index (χ4v) is 3.52. The Morgan fingerprint density at radius 3 is 2.48 bits per heavy atom. The Morgan fingerprint density at radius 2 is 1.78 bits per heavy atom. The van der Waals surface area contributed by atoms with Crippen molar-refractivity contribution in [2.45, 2.75) is 51.7 Å². The molecule has 0 heterocycles. The summed E-state index contributed by atoms with van der Waals surface area (Å²) in [6.07, 6.45) is 4.24. The molecule has 5 nitrogen and oxygen atoms in total. The zero-order valence-corrected chi connectivity index (χ0v) is 15.7. The van der Waals surface area contributed by atoms with Crippen LogP contribution in [0, 0.1) is 0 Å². The Labute approximate surface area is 158 Å². The van der Waals surface area contributed by atoms with Crippen LogP contribution in [0.3, 0.4) is 0 Å². The van der Waals surface area contributed by atoms with E-state index in [9.17, 15) is 14.8 Å². The minimum atomic E-state index is -1.84.